The quantitative estimate of drug-likeness (QED) is 0.475. The van der Waals surface area contributed by atoms with Gasteiger partial charge in [-0.1, -0.05) is 0 Å². The molecule has 0 bridgehead atoms. The molecule has 0 radical (unpaired) electrons. The van der Waals surface area contributed by atoms with E-state index >= 15 is 0 Å². The van der Waals surface area contributed by atoms with Crippen molar-refractivity contribution in [3.63, 3.8) is 0 Å². The number of nitrogens with zero attached hydrogens (tertiary/aromatic N) is 1. The van der Waals surface area contributed by atoms with Crippen LogP contribution in [0.25, 0.3) is 0 Å². The Hall–Kier alpha value is -0.570. The molecule has 0 aromatic heterocycles. The SMILES string of the molecule is COC1=NCC(O)C1. The first kappa shape index (κ1) is 5.56. The van der Waals surface area contributed by atoms with Gasteiger partial charge in [0.1, 0.15) is 0 Å². The summed E-state index contributed by atoms with van der Waals surface area (Å²) in [6.07, 6.45) is 0.279. The lowest BCUT2D eigenvalue weighted by Crippen LogP contribution is -2.07. The standard InChI is InChI=1S/C5H9NO2/c1-8-5-2-4(7)3-6-5/h4,7H,2-3H2,1H3. The van der Waals surface area contributed by atoms with Crippen LogP contribution in [0.5, 0.6) is 0 Å². The van der Waals surface area contributed by atoms with Gasteiger partial charge in [-0.15, -0.1) is 0 Å². The molecule has 1 rings (SSSR count). The van der Waals surface area contributed by atoms with Gasteiger partial charge in [-0.2, -0.15) is 0 Å². The number of methoxy groups -OCH3 is 1. The molecule has 1 unspecified atom stereocenters. The Bertz CT molecular complexity index is 111. The molecule has 0 saturated carbocycles. The number of aliphatic hydroxyl groups excluding tert-OH is 1. The lowest BCUT2D eigenvalue weighted by Gasteiger charge is -1.96. The maximum atomic E-state index is 8.84. The molecule has 0 saturated heterocycles. The second-order valence-electron chi connectivity index (χ2n) is 1.80. The third-order valence-electron chi connectivity index (χ3n) is 1.12. The van der Waals surface area contributed by atoms with Crippen molar-refractivity contribution in [2.75, 3.05) is 13.7 Å². The van der Waals surface area contributed by atoms with Gasteiger partial charge in [0.25, 0.3) is 0 Å². The topological polar surface area (TPSA) is 41.8 Å². The van der Waals surface area contributed by atoms with Crippen LogP contribution in [0.1, 0.15) is 6.42 Å². The molecular weight excluding hydrogens is 106 g/mol. The van der Waals surface area contributed by atoms with Crippen LogP contribution in [0.4, 0.5) is 0 Å². The number of hydrogen-bond donors (Lipinski definition) is 1. The fourth-order valence-electron chi connectivity index (χ4n) is 0.686. The van der Waals surface area contributed by atoms with E-state index in [2.05, 4.69) is 4.99 Å². The summed E-state index contributed by atoms with van der Waals surface area (Å²) in [6.45, 7) is 0.503. The number of aliphatic hydroxyl groups is 1. The van der Waals surface area contributed by atoms with Crippen molar-refractivity contribution >= 4 is 5.90 Å². The summed E-state index contributed by atoms with van der Waals surface area (Å²) in [4.78, 5) is 3.88. The Morgan fingerprint density at radius 1 is 1.88 bits per heavy atom. The molecule has 1 aliphatic rings. The van der Waals surface area contributed by atoms with Crippen LogP contribution in [0.3, 0.4) is 0 Å². The van der Waals surface area contributed by atoms with Crippen LogP contribution in [0.15, 0.2) is 4.99 Å². The fourth-order valence-corrected chi connectivity index (χ4v) is 0.686. The molecule has 1 atom stereocenters. The van der Waals surface area contributed by atoms with Gasteiger partial charge in [0, 0.05) is 0 Å². The van der Waals surface area contributed by atoms with Gasteiger partial charge in [0.15, 0.2) is 5.90 Å². The van der Waals surface area contributed by atoms with E-state index in [1.54, 1.807) is 7.11 Å². The monoisotopic (exact) mass is 115 g/mol. The van der Waals surface area contributed by atoms with Gasteiger partial charge in [-0.3, -0.25) is 4.99 Å². The minimum Gasteiger partial charge on any atom is -0.484 e. The maximum Gasteiger partial charge on any atom is 0.185 e. The van der Waals surface area contributed by atoms with Crippen molar-refractivity contribution < 1.29 is 9.84 Å². The molecule has 0 aromatic carbocycles. The van der Waals surface area contributed by atoms with E-state index < -0.39 is 0 Å². The fraction of sp³-hybridized carbons (Fsp3) is 0.800. The van der Waals surface area contributed by atoms with E-state index in [9.17, 15) is 0 Å². The lowest BCUT2D eigenvalue weighted by molar-refractivity contribution is 0.196. The average molecular weight is 115 g/mol. The van der Waals surface area contributed by atoms with Crippen molar-refractivity contribution in [3.8, 4) is 0 Å². The molecule has 1 aliphatic heterocycles. The van der Waals surface area contributed by atoms with Crippen LogP contribution >= 0.6 is 0 Å². The molecule has 0 amide bonds. The maximum absolute atomic E-state index is 8.84. The first-order valence-corrected chi connectivity index (χ1v) is 2.58. The first-order valence-electron chi connectivity index (χ1n) is 2.58. The second kappa shape index (κ2) is 2.13. The van der Waals surface area contributed by atoms with Gasteiger partial charge in [-0.25, -0.2) is 0 Å². The van der Waals surface area contributed by atoms with E-state index in [1.165, 1.54) is 0 Å². The Morgan fingerprint density at radius 3 is 2.88 bits per heavy atom. The zero-order chi connectivity index (χ0) is 5.98. The molecule has 0 aromatic rings. The predicted molar refractivity (Wildman–Crippen MR) is 29.9 cm³/mol. The predicted octanol–water partition coefficient (Wildman–Crippen LogP) is -0.204. The molecule has 46 valence electrons. The molecule has 3 nitrogen and oxygen atoms in total. The molecule has 3 heteroatoms. The number of aliphatic imine (C=N–C) groups is 1. The van der Waals surface area contributed by atoms with Gasteiger partial charge in [0.05, 0.1) is 26.2 Å². The minimum atomic E-state index is -0.301. The third-order valence-corrected chi connectivity index (χ3v) is 1.12. The van der Waals surface area contributed by atoms with E-state index in [0.29, 0.717) is 18.9 Å². The molecule has 0 aliphatic carbocycles. The summed E-state index contributed by atoms with van der Waals surface area (Å²) < 4.78 is 4.77. The Kier molecular flexibility index (Phi) is 1.48. The van der Waals surface area contributed by atoms with Crippen LogP contribution in [-0.4, -0.2) is 30.8 Å². The summed E-state index contributed by atoms with van der Waals surface area (Å²) in [5, 5.41) is 8.84. The highest BCUT2D eigenvalue weighted by molar-refractivity contribution is 5.78. The normalized spacial score (nSPS) is 27.8. The molecule has 0 fully saturated rings. The smallest absolute Gasteiger partial charge is 0.185 e. The van der Waals surface area contributed by atoms with E-state index in [0.717, 1.165) is 0 Å². The Balaban J connectivity index is 2.37. The highest BCUT2D eigenvalue weighted by atomic mass is 16.5. The number of hydrogen-bond acceptors (Lipinski definition) is 3. The molecule has 8 heavy (non-hydrogen) atoms. The first-order chi connectivity index (χ1) is 3.83. The van der Waals surface area contributed by atoms with Crippen molar-refractivity contribution in [2.24, 2.45) is 4.99 Å². The van der Waals surface area contributed by atoms with Crippen molar-refractivity contribution in [1.29, 1.82) is 0 Å². The van der Waals surface area contributed by atoms with Crippen LogP contribution < -0.4 is 0 Å². The highest BCUT2D eigenvalue weighted by Crippen LogP contribution is 2.04. The van der Waals surface area contributed by atoms with E-state index in [1.807, 2.05) is 0 Å². The summed E-state index contributed by atoms with van der Waals surface area (Å²) in [5.74, 6) is 0.664. The van der Waals surface area contributed by atoms with Crippen LogP contribution in [-0.2, 0) is 4.74 Å². The minimum absolute atomic E-state index is 0.301. The second-order valence-corrected chi connectivity index (χ2v) is 1.80. The van der Waals surface area contributed by atoms with Crippen LogP contribution in [0.2, 0.25) is 0 Å². The molecule has 1 heterocycles. The highest BCUT2D eigenvalue weighted by Gasteiger charge is 2.14. The van der Waals surface area contributed by atoms with Gasteiger partial charge in [-0.05, 0) is 0 Å². The molecule has 1 N–H and O–H groups in total. The zero-order valence-corrected chi connectivity index (χ0v) is 4.79. The van der Waals surface area contributed by atoms with Gasteiger partial charge >= 0.3 is 0 Å². The summed E-state index contributed by atoms with van der Waals surface area (Å²) in [7, 11) is 1.57. The van der Waals surface area contributed by atoms with Crippen molar-refractivity contribution in [3.05, 3.63) is 0 Å². The largest absolute Gasteiger partial charge is 0.484 e. The van der Waals surface area contributed by atoms with Crippen molar-refractivity contribution in [1.82, 2.24) is 0 Å². The average Bonchev–Trinajstić information content (AvgIpc) is 2.14. The molecule has 0 spiro atoms. The van der Waals surface area contributed by atoms with Crippen LogP contribution in [0, 0.1) is 0 Å². The van der Waals surface area contributed by atoms with E-state index in [-0.39, 0.29) is 6.10 Å². The van der Waals surface area contributed by atoms with Gasteiger partial charge in [0.2, 0.25) is 0 Å². The third kappa shape index (κ3) is 0.980. The Morgan fingerprint density at radius 2 is 2.62 bits per heavy atom. The summed E-state index contributed by atoms with van der Waals surface area (Å²) in [5.41, 5.74) is 0. The lowest BCUT2D eigenvalue weighted by atomic mass is 10.3. The van der Waals surface area contributed by atoms with Crippen molar-refractivity contribution in [2.45, 2.75) is 12.5 Å². The molecular formula is C5H9NO2. The number of rotatable bonds is 0. The summed E-state index contributed by atoms with van der Waals surface area (Å²) in [6, 6.07) is 0. The number of ether oxygens (including phenoxy) is 1. The van der Waals surface area contributed by atoms with Gasteiger partial charge < -0.3 is 9.84 Å². The van der Waals surface area contributed by atoms with E-state index in [4.69, 9.17) is 9.84 Å². The summed E-state index contributed by atoms with van der Waals surface area (Å²) >= 11 is 0. The zero-order valence-electron chi connectivity index (χ0n) is 4.79. The Labute approximate surface area is 48.0 Å².